The van der Waals surface area contributed by atoms with Crippen LogP contribution in [-0.2, 0) is 11.3 Å². The van der Waals surface area contributed by atoms with Crippen LogP contribution in [-0.4, -0.2) is 29.2 Å². The van der Waals surface area contributed by atoms with Gasteiger partial charge >= 0.3 is 6.01 Å². The van der Waals surface area contributed by atoms with E-state index in [9.17, 15) is 0 Å². The average molecular weight is 338 g/mol. The first-order valence-electron chi connectivity index (χ1n) is 7.60. The van der Waals surface area contributed by atoms with Gasteiger partial charge in [0.2, 0.25) is 0 Å². The standard InChI is InChI=1S/C17H23N3O2.ClH/c1-14(2)21-11-5-8-18-13-15-6-3-7-16(12-15)22-17-19-9-4-10-20-17;/h3-4,6-7,9-10,12,14,18H,5,8,11,13H2,1-2H3;1H. The Labute approximate surface area is 143 Å². The second-order valence-electron chi connectivity index (χ2n) is 5.23. The van der Waals surface area contributed by atoms with Gasteiger partial charge < -0.3 is 14.8 Å². The van der Waals surface area contributed by atoms with Crippen LogP contribution in [0.3, 0.4) is 0 Å². The molecule has 0 saturated heterocycles. The quantitative estimate of drug-likeness (QED) is 0.708. The molecule has 0 bridgehead atoms. The Balaban J connectivity index is 0.00000264. The highest BCUT2D eigenvalue weighted by molar-refractivity contribution is 5.85. The predicted molar refractivity (Wildman–Crippen MR) is 93.2 cm³/mol. The first-order chi connectivity index (χ1) is 10.7. The zero-order valence-electron chi connectivity index (χ0n) is 13.6. The van der Waals surface area contributed by atoms with E-state index in [2.05, 4.69) is 35.2 Å². The second kappa shape index (κ2) is 10.9. The zero-order valence-corrected chi connectivity index (χ0v) is 14.4. The molecule has 5 nitrogen and oxygen atoms in total. The average Bonchev–Trinajstić information content (AvgIpc) is 2.52. The number of rotatable bonds is 9. The number of hydrogen-bond acceptors (Lipinski definition) is 5. The molecule has 23 heavy (non-hydrogen) atoms. The van der Waals surface area contributed by atoms with Crippen LogP contribution in [0.5, 0.6) is 11.8 Å². The lowest BCUT2D eigenvalue weighted by molar-refractivity contribution is 0.0770. The molecule has 0 amide bonds. The maximum absolute atomic E-state index is 5.62. The monoisotopic (exact) mass is 337 g/mol. The van der Waals surface area contributed by atoms with Gasteiger partial charge in [0.1, 0.15) is 5.75 Å². The van der Waals surface area contributed by atoms with Crippen LogP contribution in [0, 0.1) is 0 Å². The molecule has 2 aromatic rings. The fourth-order valence-electron chi connectivity index (χ4n) is 1.91. The smallest absolute Gasteiger partial charge is 0.321 e. The Morgan fingerprint density at radius 1 is 1.13 bits per heavy atom. The van der Waals surface area contributed by atoms with Crippen molar-refractivity contribution in [2.24, 2.45) is 0 Å². The summed E-state index contributed by atoms with van der Waals surface area (Å²) in [5.41, 5.74) is 1.17. The van der Waals surface area contributed by atoms with Crippen LogP contribution < -0.4 is 10.1 Å². The summed E-state index contributed by atoms with van der Waals surface area (Å²) in [4.78, 5) is 8.10. The number of benzene rings is 1. The van der Waals surface area contributed by atoms with Crippen LogP contribution in [0.25, 0.3) is 0 Å². The van der Waals surface area contributed by atoms with Gasteiger partial charge in [-0.05, 0) is 50.6 Å². The lowest BCUT2D eigenvalue weighted by Gasteiger charge is -2.09. The van der Waals surface area contributed by atoms with Crippen molar-refractivity contribution in [2.75, 3.05) is 13.2 Å². The summed E-state index contributed by atoms with van der Waals surface area (Å²) >= 11 is 0. The number of aromatic nitrogens is 2. The molecule has 6 heteroatoms. The van der Waals surface area contributed by atoms with Gasteiger partial charge in [-0.15, -0.1) is 12.4 Å². The molecular formula is C17H24ClN3O2. The van der Waals surface area contributed by atoms with Crippen molar-refractivity contribution in [3.63, 3.8) is 0 Å². The van der Waals surface area contributed by atoms with Gasteiger partial charge in [-0.3, -0.25) is 0 Å². The number of nitrogens with one attached hydrogen (secondary N) is 1. The lowest BCUT2D eigenvalue weighted by atomic mass is 10.2. The Hall–Kier alpha value is -1.69. The molecule has 1 N–H and O–H groups in total. The molecule has 0 saturated carbocycles. The molecule has 1 heterocycles. The van der Waals surface area contributed by atoms with E-state index in [1.165, 1.54) is 5.56 Å². The minimum absolute atomic E-state index is 0. The largest absolute Gasteiger partial charge is 0.424 e. The molecule has 1 aromatic carbocycles. The van der Waals surface area contributed by atoms with Gasteiger partial charge in [0, 0.05) is 25.5 Å². The number of hydrogen-bond donors (Lipinski definition) is 1. The number of nitrogens with zero attached hydrogens (tertiary/aromatic N) is 2. The second-order valence-corrected chi connectivity index (χ2v) is 5.23. The van der Waals surface area contributed by atoms with Crippen LogP contribution in [0.1, 0.15) is 25.8 Å². The Morgan fingerprint density at radius 3 is 2.65 bits per heavy atom. The van der Waals surface area contributed by atoms with E-state index in [-0.39, 0.29) is 12.4 Å². The maximum atomic E-state index is 5.62. The highest BCUT2D eigenvalue weighted by atomic mass is 35.5. The Morgan fingerprint density at radius 2 is 1.91 bits per heavy atom. The van der Waals surface area contributed by atoms with Gasteiger partial charge in [0.25, 0.3) is 0 Å². The molecule has 0 aliphatic carbocycles. The third-order valence-corrected chi connectivity index (χ3v) is 2.93. The summed E-state index contributed by atoms with van der Waals surface area (Å²) in [7, 11) is 0. The topological polar surface area (TPSA) is 56.3 Å². The molecule has 2 rings (SSSR count). The highest BCUT2D eigenvalue weighted by Gasteiger charge is 2.01. The van der Waals surface area contributed by atoms with Gasteiger partial charge in [-0.1, -0.05) is 12.1 Å². The summed E-state index contributed by atoms with van der Waals surface area (Å²) < 4.78 is 11.1. The first kappa shape index (κ1) is 19.4. The van der Waals surface area contributed by atoms with Crippen molar-refractivity contribution < 1.29 is 9.47 Å². The van der Waals surface area contributed by atoms with Crippen LogP contribution >= 0.6 is 12.4 Å². The molecule has 0 spiro atoms. The maximum Gasteiger partial charge on any atom is 0.321 e. The molecule has 0 fully saturated rings. The first-order valence-corrected chi connectivity index (χ1v) is 7.60. The third-order valence-electron chi connectivity index (χ3n) is 2.93. The molecular weight excluding hydrogens is 314 g/mol. The molecule has 0 unspecified atom stereocenters. The minimum atomic E-state index is 0. The van der Waals surface area contributed by atoms with E-state index < -0.39 is 0 Å². The van der Waals surface area contributed by atoms with Crippen molar-refractivity contribution >= 4 is 12.4 Å². The fraction of sp³-hybridized carbons (Fsp3) is 0.412. The third kappa shape index (κ3) is 7.93. The fourth-order valence-corrected chi connectivity index (χ4v) is 1.91. The molecule has 0 aliphatic heterocycles. The van der Waals surface area contributed by atoms with E-state index in [0.717, 1.165) is 31.9 Å². The Kier molecular flexibility index (Phi) is 9.21. The SMILES string of the molecule is CC(C)OCCCNCc1cccc(Oc2ncccn2)c1.Cl. The minimum Gasteiger partial charge on any atom is -0.424 e. The molecule has 126 valence electrons. The number of ether oxygens (including phenoxy) is 2. The van der Waals surface area contributed by atoms with Crippen molar-refractivity contribution in [1.29, 1.82) is 0 Å². The summed E-state index contributed by atoms with van der Waals surface area (Å²) in [6.07, 6.45) is 4.63. The Bertz CT molecular complexity index is 553. The van der Waals surface area contributed by atoms with E-state index in [0.29, 0.717) is 12.1 Å². The van der Waals surface area contributed by atoms with Gasteiger partial charge in [0.05, 0.1) is 6.10 Å². The van der Waals surface area contributed by atoms with Crippen LogP contribution in [0.4, 0.5) is 0 Å². The van der Waals surface area contributed by atoms with Crippen LogP contribution in [0.2, 0.25) is 0 Å². The predicted octanol–water partition coefficient (Wildman–Crippen LogP) is 3.60. The van der Waals surface area contributed by atoms with Gasteiger partial charge in [-0.2, -0.15) is 0 Å². The molecule has 0 aliphatic rings. The zero-order chi connectivity index (χ0) is 15.6. The van der Waals surface area contributed by atoms with Crippen molar-refractivity contribution in [3.8, 4) is 11.8 Å². The van der Waals surface area contributed by atoms with Crippen molar-refractivity contribution in [1.82, 2.24) is 15.3 Å². The van der Waals surface area contributed by atoms with Gasteiger partial charge in [-0.25, -0.2) is 9.97 Å². The summed E-state index contributed by atoms with van der Waals surface area (Å²) in [6, 6.07) is 10.0. The van der Waals surface area contributed by atoms with E-state index >= 15 is 0 Å². The number of halogens is 1. The molecule has 1 aromatic heterocycles. The van der Waals surface area contributed by atoms with E-state index in [4.69, 9.17) is 9.47 Å². The summed E-state index contributed by atoms with van der Waals surface area (Å²) in [5.74, 6) is 0.744. The molecule has 0 atom stereocenters. The summed E-state index contributed by atoms with van der Waals surface area (Å²) in [6.45, 7) is 6.62. The van der Waals surface area contributed by atoms with E-state index in [1.807, 2.05) is 18.2 Å². The summed E-state index contributed by atoms with van der Waals surface area (Å²) in [5, 5.41) is 3.40. The highest BCUT2D eigenvalue weighted by Crippen LogP contribution is 2.18. The van der Waals surface area contributed by atoms with E-state index in [1.54, 1.807) is 18.5 Å². The lowest BCUT2D eigenvalue weighted by Crippen LogP contribution is -2.17. The van der Waals surface area contributed by atoms with Crippen molar-refractivity contribution in [2.45, 2.75) is 32.9 Å². The normalized spacial score (nSPS) is 10.4. The van der Waals surface area contributed by atoms with Gasteiger partial charge in [0.15, 0.2) is 0 Å². The van der Waals surface area contributed by atoms with Crippen LogP contribution in [0.15, 0.2) is 42.7 Å². The van der Waals surface area contributed by atoms with Crippen molar-refractivity contribution in [3.05, 3.63) is 48.3 Å². The molecule has 0 radical (unpaired) electrons.